The number of nitrogens with zero attached hydrogens (tertiary/aromatic N) is 5. The van der Waals surface area contributed by atoms with Crippen LogP contribution >= 0.6 is 0 Å². The summed E-state index contributed by atoms with van der Waals surface area (Å²) < 4.78 is 7.43. The van der Waals surface area contributed by atoms with Crippen LogP contribution in [0.2, 0.25) is 0 Å². The zero-order valence-electron chi connectivity index (χ0n) is 15.2. The first-order valence-electron chi connectivity index (χ1n) is 9.70. The summed E-state index contributed by atoms with van der Waals surface area (Å²) in [6.45, 7) is 8.06. The van der Waals surface area contributed by atoms with Crippen LogP contribution in [0.25, 0.3) is 0 Å². The van der Waals surface area contributed by atoms with Crippen molar-refractivity contribution >= 4 is 5.91 Å². The van der Waals surface area contributed by atoms with E-state index in [0.29, 0.717) is 11.9 Å². The molecular formula is C18H29N5O2. The molecule has 138 valence electrons. The Morgan fingerprint density at radius 2 is 2.12 bits per heavy atom. The van der Waals surface area contributed by atoms with E-state index in [2.05, 4.69) is 26.8 Å². The number of aryl methyl sites for hydroxylation is 1. The highest BCUT2D eigenvalue weighted by Crippen LogP contribution is 2.41. The molecule has 1 spiro atoms. The Hall–Kier alpha value is -1.47. The molecule has 4 rings (SSSR count). The average Bonchev–Trinajstić information content (AvgIpc) is 3.26. The third-order valence-corrected chi connectivity index (χ3v) is 6.19. The lowest BCUT2D eigenvalue weighted by molar-refractivity contribution is -0.150. The molecule has 0 unspecified atom stereocenters. The molecule has 0 N–H and O–H groups in total. The van der Waals surface area contributed by atoms with Crippen LogP contribution in [-0.4, -0.2) is 69.4 Å². The lowest BCUT2D eigenvalue weighted by atomic mass is 9.77. The van der Waals surface area contributed by atoms with E-state index in [1.165, 1.54) is 0 Å². The van der Waals surface area contributed by atoms with Gasteiger partial charge in [0.15, 0.2) is 0 Å². The summed E-state index contributed by atoms with van der Waals surface area (Å²) in [4.78, 5) is 22.3. The largest absolute Gasteiger partial charge is 0.381 e. The van der Waals surface area contributed by atoms with Gasteiger partial charge in [0, 0.05) is 38.9 Å². The predicted octanol–water partition coefficient (Wildman–Crippen LogP) is 1.29. The van der Waals surface area contributed by atoms with Crippen LogP contribution in [0.15, 0.2) is 6.33 Å². The number of amides is 1. The summed E-state index contributed by atoms with van der Waals surface area (Å²) in [6, 6.07) is 0.385. The molecule has 0 aliphatic carbocycles. The Morgan fingerprint density at radius 3 is 2.92 bits per heavy atom. The number of aromatic nitrogens is 3. The minimum absolute atomic E-state index is 0.173. The highest BCUT2D eigenvalue weighted by atomic mass is 16.5. The number of rotatable bonds is 4. The fourth-order valence-electron chi connectivity index (χ4n) is 4.79. The van der Waals surface area contributed by atoms with Gasteiger partial charge in [-0.3, -0.25) is 9.69 Å². The quantitative estimate of drug-likeness (QED) is 0.821. The summed E-state index contributed by atoms with van der Waals surface area (Å²) in [6.07, 6.45) is 6.75. The molecule has 3 aliphatic rings. The van der Waals surface area contributed by atoms with Crippen molar-refractivity contribution in [3.8, 4) is 0 Å². The molecule has 25 heavy (non-hydrogen) atoms. The molecule has 7 heteroatoms. The highest BCUT2D eigenvalue weighted by Gasteiger charge is 2.49. The number of ether oxygens (including phenoxy) is 1. The third kappa shape index (κ3) is 3.19. The van der Waals surface area contributed by atoms with Crippen LogP contribution in [0.5, 0.6) is 0 Å². The molecule has 0 radical (unpaired) electrons. The molecule has 3 saturated heterocycles. The van der Waals surface area contributed by atoms with E-state index in [1.807, 2.05) is 4.68 Å². The van der Waals surface area contributed by atoms with Crippen LogP contribution in [0.3, 0.4) is 0 Å². The second-order valence-corrected chi connectivity index (χ2v) is 7.68. The van der Waals surface area contributed by atoms with E-state index in [9.17, 15) is 4.79 Å². The second kappa shape index (κ2) is 7.03. The first-order chi connectivity index (χ1) is 12.2. The Bertz CT molecular complexity index is 612. The zero-order chi connectivity index (χ0) is 17.3. The lowest BCUT2D eigenvalue weighted by Crippen LogP contribution is -2.54. The summed E-state index contributed by atoms with van der Waals surface area (Å²) in [5.74, 6) is 1.40. The van der Waals surface area contributed by atoms with Gasteiger partial charge in [-0.15, -0.1) is 0 Å². The SMILES string of the molecule is CCn1ncnc1CN1CC[C@]2(CCCN(C3CCOCC3)C2=O)C1. The molecule has 1 atom stereocenters. The number of carbonyl (C=O) groups is 1. The maximum atomic E-state index is 13.3. The summed E-state index contributed by atoms with van der Waals surface area (Å²) >= 11 is 0. The van der Waals surface area contributed by atoms with Crippen LogP contribution < -0.4 is 0 Å². The number of carbonyl (C=O) groups excluding carboxylic acids is 1. The fraction of sp³-hybridized carbons (Fsp3) is 0.833. The number of hydrogen-bond donors (Lipinski definition) is 0. The molecule has 0 bridgehead atoms. The topological polar surface area (TPSA) is 63.5 Å². The van der Waals surface area contributed by atoms with Gasteiger partial charge < -0.3 is 9.64 Å². The summed E-state index contributed by atoms with van der Waals surface area (Å²) in [5.41, 5.74) is -0.173. The Labute approximate surface area is 149 Å². The smallest absolute Gasteiger partial charge is 0.230 e. The van der Waals surface area contributed by atoms with Crippen molar-refractivity contribution in [2.75, 3.05) is 32.8 Å². The number of piperidine rings is 1. The predicted molar refractivity (Wildman–Crippen MR) is 92.8 cm³/mol. The van der Waals surface area contributed by atoms with E-state index in [1.54, 1.807) is 6.33 Å². The Balaban J connectivity index is 1.44. The summed E-state index contributed by atoms with van der Waals surface area (Å²) in [7, 11) is 0. The Kier molecular flexibility index (Phi) is 4.78. The first-order valence-corrected chi connectivity index (χ1v) is 9.70. The Morgan fingerprint density at radius 1 is 1.28 bits per heavy atom. The number of hydrogen-bond acceptors (Lipinski definition) is 5. The normalized spacial score (nSPS) is 29.0. The highest BCUT2D eigenvalue weighted by molar-refractivity contribution is 5.84. The molecule has 3 fully saturated rings. The minimum Gasteiger partial charge on any atom is -0.381 e. The van der Waals surface area contributed by atoms with Gasteiger partial charge in [0.25, 0.3) is 0 Å². The van der Waals surface area contributed by atoms with Crippen LogP contribution in [0, 0.1) is 5.41 Å². The third-order valence-electron chi connectivity index (χ3n) is 6.19. The van der Waals surface area contributed by atoms with E-state index in [-0.39, 0.29) is 5.41 Å². The van der Waals surface area contributed by atoms with Gasteiger partial charge in [-0.25, -0.2) is 9.67 Å². The standard InChI is InChI=1S/C18H29N5O2/c1-2-23-16(19-14-20-23)12-21-9-7-18(13-21)6-3-8-22(17(18)24)15-4-10-25-11-5-15/h14-15H,2-13H2,1H3/t18-/m1/s1. The van der Waals surface area contributed by atoms with Gasteiger partial charge in [0.2, 0.25) is 5.91 Å². The molecule has 0 saturated carbocycles. The molecule has 0 aromatic carbocycles. The van der Waals surface area contributed by atoms with E-state index in [4.69, 9.17) is 4.74 Å². The van der Waals surface area contributed by atoms with Crippen molar-refractivity contribution < 1.29 is 9.53 Å². The van der Waals surface area contributed by atoms with E-state index < -0.39 is 0 Å². The molecule has 4 heterocycles. The van der Waals surface area contributed by atoms with Gasteiger partial charge >= 0.3 is 0 Å². The van der Waals surface area contributed by atoms with Gasteiger partial charge in [0.1, 0.15) is 12.2 Å². The maximum Gasteiger partial charge on any atom is 0.230 e. The average molecular weight is 347 g/mol. The monoisotopic (exact) mass is 347 g/mol. The second-order valence-electron chi connectivity index (χ2n) is 7.68. The molecular weight excluding hydrogens is 318 g/mol. The fourth-order valence-corrected chi connectivity index (χ4v) is 4.79. The van der Waals surface area contributed by atoms with Gasteiger partial charge in [-0.05, 0) is 45.6 Å². The molecule has 3 aliphatic heterocycles. The van der Waals surface area contributed by atoms with Gasteiger partial charge in [0.05, 0.1) is 12.0 Å². The molecule has 1 amide bonds. The summed E-state index contributed by atoms with van der Waals surface area (Å²) in [5, 5.41) is 4.26. The van der Waals surface area contributed by atoms with Crippen LogP contribution in [-0.2, 0) is 22.6 Å². The van der Waals surface area contributed by atoms with Crippen molar-refractivity contribution in [1.82, 2.24) is 24.6 Å². The number of likely N-dealkylation sites (tertiary alicyclic amines) is 2. The van der Waals surface area contributed by atoms with Crippen molar-refractivity contribution in [2.24, 2.45) is 5.41 Å². The van der Waals surface area contributed by atoms with Crippen molar-refractivity contribution in [3.63, 3.8) is 0 Å². The lowest BCUT2D eigenvalue weighted by Gasteiger charge is -2.44. The van der Waals surface area contributed by atoms with Crippen LogP contribution in [0.1, 0.15) is 44.9 Å². The zero-order valence-corrected chi connectivity index (χ0v) is 15.2. The van der Waals surface area contributed by atoms with E-state index in [0.717, 1.165) is 83.9 Å². The van der Waals surface area contributed by atoms with Gasteiger partial charge in [-0.1, -0.05) is 0 Å². The molecule has 1 aromatic heterocycles. The minimum atomic E-state index is -0.173. The molecule has 7 nitrogen and oxygen atoms in total. The van der Waals surface area contributed by atoms with Crippen molar-refractivity contribution in [1.29, 1.82) is 0 Å². The maximum absolute atomic E-state index is 13.3. The van der Waals surface area contributed by atoms with Crippen molar-refractivity contribution in [3.05, 3.63) is 12.2 Å². The molecule has 1 aromatic rings. The van der Waals surface area contributed by atoms with Crippen molar-refractivity contribution in [2.45, 2.75) is 58.2 Å². The van der Waals surface area contributed by atoms with Gasteiger partial charge in [-0.2, -0.15) is 5.10 Å². The van der Waals surface area contributed by atoms with E-state index >= 15 is 0 Å². The first kappa shape index (κ1) is 17.0. The van der Waals surface area contributed by atoms with Crippen LogP contribution in [0.4, 0.5) is 0 Å².